The number of aromatic nitrogens is 1. The number of nitriles is 1. The summed E-state index contributed by atoms with van der Waals surface area (Å²) in [5.41, 5.74) is 2.67. The summed E-state index contributed by atoms with van der Waals surface area (Å²) in [5, 5.41) is 10.6. The zero-order valence-electron chi connectivity index (χ0n) is 24.0. The lowest BCUT2D eigenvalue weighted by Crippen LogP contribution is -2.48. The molecule has 2 aliphatic rings. The summed E-state index contributed by atoms with van der Waals surface area (Å²) < 4.78 is 15.6. The molecule has 1 amide bonds. The molecule has 1 aromatic heterocycles. The highest BCUT2D eigenvalue weighted by Gasteiger charge is 2.34. The molecule has 2 aromatic carbocycles. The minimum atomic E-state index is -0.326. The summed E-state index contributed by atoms with van der Waals surface area (Å²) in [6, 6.07) is 15.9. The molecule has 222 valence electrons. The number of nitrogens with zero attached hydrogens (tertiary/aromatic N) is 5. The number of carbonyl (C=O) groups is 1. The van der Waals surface area contributed by atoms with Crippen molar-refractivity contribution in [3.8, 4) is 6.07 Å². The number of thioether (sulfide) groups is 1. The molecule has 2 saturated heterocycles. The van der Waals surface area contributed by atoms with Crippen LogP contribution in [0.3, 0.4) is 0 Å². The quantitative estimate of drug-likeness (QED) is 0.211. The number of hydrogen-bond acceptors (Lipinski definition) is 7. The lowest BCUT2D eigenvalue weighted by Gasteiger charge is -2.39. The van der Waals surface area contributed by atoms with Gasteiger partial charge in [0.1, 0.15) is 27.6 Å². The lowest BCUT2D eigenvalue weighted by atomic mass is 10.0. The summed E-state index contributed by atoms with van der Waals surface area (Å²) in [6.07, 6.45) is 3.41. The summed E-state index contributed by atoms with van der Waals surface area (Å²) in [4.78, 5) is 33.6. The predicted molar refractivity (Wildman–Crippen MR) is 176 cm³/mol. The van der Waals surface area contributed by atoms with E-state index in [-0.39, 0.29) is 29.4 Å². The molecule has 2 aliphatic heterocycles. The van der Waals surface area contributed by atoms with E-state index in [2.05, 4.69) is 22.8 Å². The van der Waals surface area contributed by atoms with Gasteiger partial charge in [0, 0.05) is 49.0 Å². The SMILES string of the molecule is CCCCn1c(N2CCN(c3ccc(F)cc3)CC2)c(C=C2SC(=S)N(Cc3ccccc3Cl)C2=O)c(C)c(C#N)c1=O. The van der Waals surface area contributed by atoms with Gasteiger partial charge in [0.2, 0.25) is 0 Å². The number of unbranched alkanes of at least 4 members (excludes halogenated alkanes) is 1. The molecule has 0 spiro atoms. The predicted octanol–water partition coefficient (Wildman–Crippen LogP) is 6.35. The monoisotopic (exact) mass is 635 g/mol. The second-order valence-electron chi connectivity index (χ2n) is 10.5. The Morgan fingerprint density at radius 2 is 1.74 bits per heavy atom. The van der Waals surface area contributed by atoms with Gasteiger partial charge in [0.25, 0.3) is 11.5 Å². The number of hydrogen-bond donors (Lipinski definition) is 0. The van der Waals surface area contributed by atoms with E-state index in [1.54, 1.807) is 35.8 Å². The molecule has 43 heavy (non-hydrogen) atoms. The maximum Gasteiger partial charge on any atom is 0.270 e. The minimum absolute atomic E-state index is 0.0718. The number of thiocarbonyl (C=S) groups is 1. The summed E-state index contributed by atoms with van der Waals surface area (Å²) in [6.45, 7) is 7.03. The van der Waals surface area contributed by atoms with Crippen molar-refractivity contribution in [1.29, 1.82) is 5.26 Å². The number of rotatable bonds is 8. The Morgan fingerprint density at radius 1 is 1.07 bits per heavy atom. The van der Waals surface area contributed by atoms with Gasteiger partial charge in [-0.3, -0.25) is 19.1 Å². The molecular weight excluding hydrogens is 605 g/mol. The van der Waals surface area contributed by atoms with Crippen molar-refractivity contribution < 1.29 is 9.18 Å². The second kappa shape index (κ2) is 13.3. The first-order valence-corrected chi connectivity index (χ1v) is 15.8. The second-order valence-corrected chi connectivity index (χ2v) is 12.6. The van der Waals surface area contributed by atoms with E-state index < -0.39 is 0 Å². The van der Waals surface area contributed by atoms with Crippen LogP contribution in [0.25, 0.3) is 6.08 Å². The van der Waals surface area contributed by atoms with Crippen molar-refractivity contribution in [2.45, 2.75) is 39.8 Å². The lowest BCUT2D eigenvalue weighted by molar-refractivity contribution is -0.122. The molecule has 7 nitrogen and oxygen atoms in total. The van der Waals surface area contributed by atoms with Crippen LogP contribution in [-0.4, -0.2) is 45.9 Å². The molecule has 0 atom stereocenters. The van der Waals surface area contributed by atoms with Crippen LogP contribution < -0.4 is 15.4 Å². The van der Waals surface area contributed by atoms with Gasteiger partial charge >= 0.3 is 0 Å². The summed E-state index contributed by atoms with van der Waals surface area (Å²) >= 11 is 13.2. The van der Waals surface area contributed by atoms with E-state index in [1.807, 2.05) is 18.2 Å². The van der Waals surface area contributed by atoms with Gasteiger partial charge in [-0.25, -0.2) is 4.39 Å². The van der Waals surface area contributed by atoms with Crippen molar-refractivity contribution >= 4 is 63.4 Å². The third kappa shape index (κ3) is 6.35. The van der Waals surface area contributed by atoms with Gasteiger partial charge in [-0.2, -0.15) is 5.26 Å². The van der Waals surface area contributed by atoms with Crippen LogP contribution in [-0.2, 0) is 17.9 Å². The van der Waals surface area contributed by atoms with Crippen molar-refractivity contribution in [3.05, 3.63) is 96.9 Å². The number of piperazine rings is 1. The smallest absolute Gasteiger partial charge is 0.270 e. The Bertz CT molecular complexity index is 1690. The highest BCUT2D eigenvalue weighted by atomic mass is 35.5. The molecule has 0 radical (unpaired) electrons. The molecule has 5 rings (SSSR count). The zero-order chi connectivity index (χ0) is 30.7. The maximum absolute atomic E-state index is 13.7. The van der Waals surface area contributed by atoms with E-state index in [1.165, 1.54) is 28.8 Å². The molecule has 3 heterocycles. The van der Waals surface area contributed by atoms with E-state index in [9.17, 15) is 19.2 Å². The number of pyridine rings is 1. The van der Waals surface area contributed by atoms with Gasteiger partial charge in [0.05, 0.1) is 11.4 Å². The van der Waals surface area contributed by atoms with Crippen molar-refractivity contribution in [2.24, 2.45) is 0 Å². The zero-order valence-corrected chi connectivity index (χ0v) is 26.4. The average molecular weight is 636 g/mol. The van der Waals surface area contributed by atoms with E-state index in [0.29, 0.717) is 63.9 Å². The van der Waals surface area contributed by atoms with Crippen LogP contribution in [0, 0.1) is 24.1 Å². The topological polar surface area (TPSA) is 72.6 Å². The standard InChI is InChI=1S/C32H31ClFN5O2S2/c1-3-4-13-38-29(37-16-14-36(15-17-37)24-11-9-23(34)10-12-24)25(21(2)26(19-35)30(38)40)18-28-31(41)39(32(42)43-28)20-22-7-5-6-8-27(22)33/h5-12,18H,3-4,13-17,20H2,1-2H3. The van der Waals surface area contributed by atoms with Crippen LogP contribution in [0.4, 0.5) is 15.9 Å². The first-order valence-electron chi connectivity index (χ1n) is 14.1. The van der Waals surface area contributed by atoms with Crippen LogP contribution >= 0.6 is 35.6 Å². The molecule has 0 N–H and O–H groups in total. The first-order chi connectivity index (χ1) is 20.7. The fourth-order valence-corrected chi connectivity index (χ4v) is 6.83. The van der Waals surface area contributed by atoms with Gasteiger partial charge < -0.3 is 9.80 Å². The Morgan fingerprint density at radius 3 is 2.40 bits per heavy atom. The molecule has 2 fully saturated rings. The van der Waals surface area contributed by atoms with Gasteiger partial charge in [-0.15, -0.1) is 0 Å². The van der Waals surface area contributed by atoms with Crippen molar-refractivity contribution in [3.63, 3.8) is 0 Å². The molecule has 0 unspecified atom stereocenters. The van der Waals surface area contributed by atoms with Crippen molar-refractivity contribution in [1.82, 2.24) is 9.47 Å². The molecule has 0 aliphatic carbocycles. The normalized spacial score (nSPS) is 16.3. The van der Waals surface area contributed by atoms with Crippen LogP contribution in [0.2, 0.25) is 5.02 Å². The average Bonchev–Trinajstić information content (AvgIpc) is 3.27. The summed E-state index contributed by atoms with van der Waals surface area (Å²) in [7, 11) is 0. The number of benzene rings is 2. The van der Waals surface area contributed by atoms with Gasteiger partial charge in [-0.05, 0) is 60.9 Å². The van der Waals surface area contributed by atoms with E-state index in [4.69, 9.17) is 23.8 Å². The fourth-order valence-electron chi connectivity index (χ4n) is 5.40. The molecule has 11 heteroatoms. The Hall–Kier alpha value is -3.65. The summed E-state index contributed by atoms with van der Waals surface area (Å²) in [5.74, 6) is 0.175. The van der Waals surface area contributed by atoms with Gasteiger partial charge in [-0.1, -0.05) is 67.1 Å². The fraction of sp³-hybridized carbons (Fsp3) is 0.312. The maximum atomic E-state index is 13.7. The largest absolute Gasteiger partial charge is 0.368 e. The Labute approximate surface area is 265 Å². The highest BCUT2D eigenvalue weighted by molar-refractivity contribution is 8.26. The van der Waals surface area contributed by atoms with Crippen molar-refractivity contribution in [2.75, 3.05) is 36.0 Å². The van der Waals surface area contributed by atoms with E-state index >= 15 is 0 Å². The number of carbonyl (C=O) groups excluding carboxylic acids is 1. The number of anilines is 2. The highest BCUT2D eigenvalue weighted by Crippen LogP contribution is 2.37. The number of amides is 1. The first kappa shape index (κ1) is 30.8. The molecule has 0 bridgehead atoms. The molecular formula is C32H31ClFN5O2S2. The number of halogens is 2. The van der Waals surface area contributed by atoms with E-state index in [0.717, 1.165) is 24.1 Å². The third-order valence-corrected chi connectivity index (χ3v) is 9.53. The third-order valence-electron chi connectivity index (χ3n) is 7.79. The molecule has 0 saturated carbocycles. The van der Waals surface area contributed by atoms with Crippen LogP contribution in [0.15, 0.2) is 58.2 Å². The Balaban J connectivity index is 1.54. The van der Waals surface area contributed by atoms with Crippen LogP contribution in [0.1, 0.15) is 42.0 Å². The Kier molecular flexibility index (Phi) is 9.55. The van der Waals surface area contributed by atoms with Crippen LogP contribution in [0.5, 0.6) is 0 Å². The van der Waals surface area contributed by atoms with Gasteiger partial charge in [0.15, 0.2) is 0 Å². The molecule has 3 aromatic rings. The minimum Gasteiger partial charge on any atom is -0.368 e.